The maximum Gasteiger partial charge on any atom is 0.350 e. The summed E-state index contributed by atoms with van der Waals surface area (Å²) in [6.45, 7) is 9.50. The van der Waals surface area contributed by atoms with E-state index in [1.54, 1.807) is 21.2 Å². The number of halogens is 2. The van der Waals surface area contributed by atoms with E-state index in [0.29, 0.717) is 48.9 Å². The molecule has 2 aromatic carbocycles. The van der Waals surface area contributed by atoms with Gasteiger partial charge in [0.1, 0.15) is 17.5 Å². The lowest BCUT2D eigenvalue weighted by Gasteiger charge is -2.41. The Kier molecular flexibility index (Phi) is 5.67. The van der Waals surface area contributed by atoms with Gasteiger partial charge in [0.25, 0.3) is 0 Å². The van der Waals surface area contributed by atoms with Crippen molar-refractivity contribution in [3.05, 3.63) is 64.6 Å². The molecule has 0 saturated carbocycles. The molecule has 2 aliphatic heterocycles. The number of carbonyl (C=O) groups excluding carboxylic acids is 1. The number of aromatic nitrogens is 2. The van der Waals surface area contributed by atoms with E-state index in [2.05, 4.69) is 16.5 Å². The quantitative estimate of drug-likeness (QED) is 0.529. The van der Waals surface area contributed by atoms with Gasteiger partial charge in [0.15, 0.2) is 0 Å². The van der Waals surface area contributed by atoms with Crippen LogP contribution < -0.4 is 10.6 Å². The van der Waals surface area contributed by atoms with Crippen LogP contribution >= 0.6 is 11.8 Å². The number of nitrogens with zero attached hydrogens (tertiary/aromatic N) is 4. The van der Waals surface area contributed by atoms with Crippen molar-refractivity contribution in [1.29, 1.82) is 0 Å². The topological polar surface area (TPSA) is 58.4 Å². The Bertz CT molecular complexity index is 1400. The average molecular weight is 483 g/mol. The van der Waals surface area contributed by atoms with Crippen LogP contribution in [0.15, 0.2) is 46.6 Å². The zero-order valence-electron chi connectivity index (χ0n) is 19.0. The van der Waals surface area contributed by atoms with E-state index in [1.807, 2.05) is 19.9 Å². The number of rotatable bonds is 3. The third-order valence-corrected chi connectivity index (χ3v) is 7.62. The minimum absolute atomic E-state index is 0.0582. The van der Waals surface area contributed by atoms with Gasteiger partial charge < -0.3 is 9.80 Å². The molecule has 0 spiro atoms. The van der Waals surface area contributed by atoms with E-state index >= 15 is 0 Å². The van der Waals surface area contributed by atoms with Crippen molar-refractivity contribution in [3.8, 4) is 11.1 Å². The number of carbonyl (C=O) groups is 1. The summed E-state index contributed by atoms with van der Waals surface area (Å²) in [5.74, 6) is -0.152. The summed E-state index contributed by atoms with van der Waals surface area (Å²) in [4.78, 5) is 34.3. The van der Waals surface area contributed by atoms with Crippen molar-refractivity contribution in [2.75, 3.05) is 30.3 Å². The Labute approximate surface area is 199 Å². The van der Waals surface area contributed by atoms with Crippen LogP contribution in [0.5, 0.6) is 0 Å². The largest absolute Gasteiger partial charge is 0.350 e. The standard InChI is InChI=1S/C25H24F2N4O2S/c1-4-20(32)29-7-8-30(15(3)13-29)24-18-11-14(2)21(17-6-5-16(26)12-19(17)27)23-22(18)31(9-10-34-23)25(33)28-24/h4-6,11-12,15H,1,7-10,13H2,2-3H3/t15-/m0/s1. The first-order valence-corrected chi connectivity index (χ1v) is 12.1. The minimum atomic E-state index is -0.635. The smallest absolute Gasteiger partial charge is 0.350 e. The minimum Gasteiger partial charge on any atom is -0.350 e. The molecule has 176 valence electrons. The number of anilines is 1. The third-order valence-electron chi connectivity index (χ3n) is 6.54. The van der Waals surface area contributed by atoms with Crippen LogP contribution in [-0.4, -0.2) is 51.8 Å². The van der Waals surface area contributed by atoms with Crippen LogP contribution in [0.3, 0.4) is 0 Å². The number of hydrogen-bond acceptors (Lipinski definition) is 5. The molecular weight excluding hydrogens is 458 g/mol. The molecule has 1 atom stereocenters. The van der Waals surface area contributed by atoms with Crippen LogP contribution in [0.2, 0.25) is 0 Å². The molecule has 1 saturated heterocycles. The summed E-state index contributed by atoms with van der Waals surface area (Å²) >= 11 is 1.57. The fourth-order valence-corrected chi connectivity index (χ4v) is 6.21. The average Bonchev–Trinajstić information content (AvgIpc) is 2.81. The summed E-state index contributed by atoms with van der Waals surface area (Å²) in [5.41, 5.74) is 2.19. The lowest BCUT2D eigenvalue weighted by molar-refractivity contribution is -0.126. The van der Waals surface area contributed by atoms with E-state index in [-0.39, 0.29) is 17.6 Å². The van der Waals surface area contributed by atoms with Gasteiger partial charge in [0, 0.05) is 65.4 Å². The Morgan fingerprint density at radius 2 is 2.03 bits per heavy atom. The van der Waals surface area contributed by atoms with Crippen molar-refractivity contribution in [3.63, 3.8) is 0 Å². The Morgan fingerprint density at radius 3 is 2.74 bits per heavy atom. The second-order valence-corrected chi connectivity index (χ2v) is 9.77. The first-order valence-electron chi connectivity index (χ1n) is 11.1. The van der Waals surface area contributed by atoms with Crippen molar-refractivity contribution < 1.29 is 13.6 Å². The summed E-state index contributed by atoms with van der Waals surface area (Å²) in [7, 11) is 0. The van der Waals surface area contributed by atoms with E-state index in [0.717, 1.165) is 27.4 Å². The van der Waals surface area contributed by atoms with Crippen LogP contribution in [0.1, 0.15) is 12.5 Å². The predicted octanol–water partition coefficient (Wildman–Crippen LogP) is 3.98. The number of amides is 1. The lowest BCUT2D eigenvalue weighted by atomic mass is 9.97. The first kappa shape index (κ1) is 22.6. The predicted molar refractivity (Wildman–Crippen MR) is 130 cm³/mol. The molecule has 0 bridgehead atoms. The first-order chi connectivity index (χ1) is 16.3. The molecule has 1 aromatic heterocycles. The third kappa shape index (κ3) is 3.58. The van der Waals surface area contributed by atoms with E-state index in [1.165, 1.54) is 18.2 Å². The van der Waals surface area contributed by atoms with Crippen LogP contribution in [0, 0.1) is 18.6 Å². The Hall–Kier alpha value is -3.20. The SMILES string of the molecule is C=CC(=O)N1CCN(c2nc(=O)n3c4c(c(-c5ccc(F)cc5F)c(C)cc24)SCC3)[C@@H](C)C1. The van der Waals surface area contributed by atoms with Crippen LogP contribution in [-0.2, 0) is 11.3 Å². The number of aryl methyl sites for hydroxylation is 2. The maximum absolute atomic E-state index is 14.8. The van der Waals surface area contributed by atoms with Crippen LogP contribution in [0.4, 0.5) is 14.6 Å². The van der Waals surface area contributed by atoms with Gasteiger partial charge >= 0.3 is 5.69 Å². The normalized spacial score (nSPS) is 17.8. The highest BCUT2D eigenvalue weighted by molar-refractivity contribution is 7.99. The Balaban J connectivity index is 1.71. The van der Waals surface area contributed by atoms with E-state index in [9.17, 15) is 18.4 Å². The van der Waals surface area contributed by atoms with E-state index in [4.69, 9.17) is 0 Å². The molecule has 0 aliphatic carbocycles. The summed E-state index contributed by atoms with van der Waals surface area (Å²) in [6, 6.07) is 5.47. The fourth-order valence-electron chi connectivity index (χ4n) is 4.96. The number of hydrogen-bond donors (Lipinski definition) is 0. The molecule has 34 heavy (non-hydrogen) atoms. The maximum atomic E-state index is 14.8. The van der Waals surface area contributed by atoms with Crippen molar-refractivity contribution in [2.45, 2.75) is 31.3 Å². The summed E-state index contributed by atoms with van der Waals surface area (Å²) < 4.78 is 30.0. The van der Waals surface area contributed by atoms with Crippen molar-refractivity contribution in [1.82, 2.24) is 14.5 Å². The van der Waals surface area contributed by atoms with Gasteiger partial charge in [0.2, 0.25) is 5.91 Å². The summed E-state index contributed by atoms with van der Waals surface area (Å²) in [6.07, 6.45) is 1.31. The second kappa shape index (κ2) is 8.54. The van der Waals surface area contributed by atoms with Gasteiger partial charge in [-0.3, -0.25) is 9.36 Å². The van der Waals surface area contributed by atoms with Crippen molar-refractivity contribution >= 4 is 34.4 Å². The number of thioether (sulfide) groups is 1. The highest BCUT2D eigenvalue weighted by Gasteiger charge is 2.31. The van der Waals surface area contributed by atoms with Gasteiger partial charge in [-0.25, -0.2) is 13.6 Å². The van der Waals surface area contributed by atoms with Gasteiger partial charge in [-0.15, -0.1) is 11.8 Å². The molecule has 1 fully saturated rings. The van der Waals surface area contributed by atoms with Gasteiger partial charge in [-0.05, 0) is 43.7 Å². The fraction of sp³-hybridized carbons (Fsp3) is 0.320. The van der Waals surface area contributed by atoms with Gasteiger partial charge in [0.05, 0.1) is 5.52 Å². The zero-order valence-corrected chi connectivity index (χ0v) is 19.8. The van der Waals surface area contributed by atoms with Gasteiger partial charge in [-0.1, -0.05) is 6.58 Å². The molecule has 2 aliphatic rings. The molecule has 5 rings (SSSR count). The Morgan fingerprint density at radius 1 is 1.24 bits per heavy atom. The molecule has 3 heterocycles. The lowest BCUT2D eigenvalue weighted by Crippen LogP contribution is -2.54. The number of piperazine rings is 1. The van der Waals surface area contributed by atoms with Crippen LogP contribution in [0.25, 0.3) is 22.0 Å². The molecular formula is C25H24F2N4O2S. The highest BCUT2D eigenvalue weighted by Crippen LogP contribution is 2.44. The molecule has 6 nitrogen and oxygen atoms in total. The van der Waals surface area contributed by atoms with E-state index < -0.39 is 11.6 Å². The molecule has 1 amide bonds. The van der Waals surface area contributed by atoms with Gasteiger partial charge in [-0.2, -0.15) is 4.98 Å². The second-order valence-electron chi connectivity index (χ2n) is 8.67. The monoisotopic (exact) mass is 482 g/mol. The molecule has 0 unspecified atom stereocenters. The molecule has 0 radical (unpaired) electrons. The summed E-state index contributed by atoms with van der Waals surface area (Å²) in [5, 5.41) is 0.820. The number of benzene rings is 2. The molecule has 9 heteroatoms. The zero-order chi connectivity index (χ0) is 24.1. The molecule has 3 aromatic rings. The van der Waals surface area contributed by atoms with Crippen molar-refractivity contribution in [2.24, 2.45) is 0 Å². The molecule has 0 N–H and O–H groups in total. The highest BCUT2D eigenvalue weighted by atomic mass is 32.2.